The van der Waals surface area contributed by atoms with Gasteiger partial charge >= 0.3 is 0 Å². The van der Waals surface area contributed by atoms with Gasteiger partial charge in [0.2, 0.25) is 0 Å². The van der Waals surface area contributed by atoms with Gasteiger partial charge in [0.25, 0.3) is 0 Å². The van der Waals surface area contributed by atoms with Gasteiger partial charge in [0.05, 0.1) is 13.2 Å². The quantitative estimate of drug-likeness (QED) is 0.939. The van der Waals surface area contributed by atoms with Crippen molar-refractivity contribution >= 4 is 0 Å². The van der Waals surface area contributed by atoms with Crippen molar-refractivity contribution < 1.29 is 9.13 Å². The molecular weight excluding hydrogens is 279 g/mol. The predicted octanol–water partition coefficient (Wildman–Crippen LogP) is 2.83. The Morgan fingerprint density at radius 1 is 1.09 bits per heavy atom. The maximum absolute atomic E-state index is 14.4. The fraction of sp³-hybridized carbons (Fsp3) is 0.333. The zero-order valence-electron chi connectivity index (χ0n) is 12.8. The van der Waals surface area contributed by atoms with Crippen molar-refractivity contribution in [3.05, 3.63) is 65.5 Å². The van der Waals surface area contributed by atoms with Crippen LogP contribution in [0.2, 0.25) is 0 Å². The van der Waals surface area contributed by atoms with Gasteiger partial charge in [-0.05, 0) is 23.8 Å². The summed E-state index contributed by atoms with van der Waals surface area (Å²) in [4.78, 5) is 2.32. The molecule has 1 N–H and O–H groups in total. The molecule has 1 aliphatic heterocycles. The zero-order chi connectivity index (χ0) is 15.4. The molecule has 0 bridgehead atoms. The predicted molar refractivity (Wildman–Crippen MR) is 85.7 cm³/mol. The van der Waals surface area contributed by atoms with Crippen LogP contribution in [-0.4, -0.2) is 38.2 Å². The number of hydrogen-bond acceptors (Lipinski definition) is 3. The number of benzene rings is 2. The number of piperazine rings is 1. The number of nitrogens with zero attached hydrogens (tertiary/aromatic N) is 1. The lowest BCUT2D eigenvalue weighted by Crippen LogP contribution is -2.45. The molecular formula is C18H21FN2O. The minimum atomic E-state index is -0.158. The summed E-state index contributed by atoms with van der Waals surface area (Å²) in [5.41, 5.74) is 1.78. The number of rotatable bonds is 4. The Kier molecular flexibility index (Phi) is 4.71. The molecule has 3 nitrogen and oxygen atoms in total. The molecule has 22 heavy (non-hydrogen) atoms. The molecule has 1 atom stereocenters. The van der Waals surface area contributed by atoms with Gasteiger partial charge in [-0.25, -0.2) is 4.39 Å². The van der Waals surface area contributed by atoms with Crippen molar-refractivity contribution in [2.45, 2.75) is 6.04 Å². The molecule has 0 aromatic heterocycles. The summed E-state index contributed by atoms with van der Waals surface area (Å²) in [6.07, 6.45) is 0. The normalized spacial score (nSPS) is 17.2. The largest absolute Gasteiger partial charge is 0.497 e. The van der Waals surface area contributed by atoms with E-state index in [0.29, 0.717) is 0 Å². The van der Waals surface area contributed by atoms with E-state index >= 15 is 0 Å². The molecule has 4 heteroatoms. The van der Waals surface area contributed by atoms with E-state index in [9.17, 15) is 4.39 Å². The van der Waals surface area contributed by atoms with E-state index in [1.807, 2.05) is 36.4 Å². The third-order valence-corrected chi connectivity index (χ3v) is 4.13. The maximum atomic E-state index is 14.4. The van der Waals surface area contributed by atoms with E-state index in [0.717, 1.165) is 43.1 Å². The Labute approximate surface area is 130 Å². The minimum Gasteiger partial charge on any atom is -0.497 e. The Bertz CT molecular complexity index is 626. The second-order valence-electron chi connectivity index (χ2n) is 5.49. The van der Waals surface area contributed by atoms with Crippen molar-refractivity contribution in [2.24, 2.45) is 0 Å². The highest BCUT2D eigenvalue weighted by atomic mass is 19.1. The van der Waals surface area contributed by atoms with Crippen LogP contribution in [0.3, 0.4) is 0 Å². The number of nitrogens with one attached hydrogen (secondary N) is 1. The molecule has 116 valence electrons. The number of halogens is 1. The number of hydrogen-bond donors (Lipinski definition) is 1. The molecule has 3 rings (SSSR count). The fourth-order valence-electron chi connectivity index (χ4n) is 3.04. The van der Waals surface area contributed by atoms with E-state index in [1.165, 1.54) is 6.07 Å². The van der Waals surface area contributed by atoms with Crippen LogP contribution in [0, 0.1) is 5.82 Å². The standard InChI is InChI=1S/C18H21FN2O/c1-22-15-6-4-5-14(13-15)18(21-11-9-20-10-12-21)16-7-2-3-8-17(16)19/h2-8,13,18,20H,9-12H2,1H3. The average Bonchev–Trinajstić information content (AvgIpc) is 2.58. The summed E-state index contributed by atoms with van der Waals surface area (Å²) in [6.45, 7) is 3.65. The minimum absolute atomic E-state index is 0.0848. The van der Waals surface area contributed by atoms with Crippen molar-refractivity contribution in [3.8, 4) is 5.75 Å². The molecule has 0 amide bonds. The monoisotopic (exact) mass is 300 g/mol. The molecule has 1 saturated heterocycles. The van der Waals surface area contributed by atoms with Gasteiger partial charge in [-0.2, -0.15) is 0 Å². The van der Waals surface area contributed by atoms with Crippen molar-refractivity contribution in [1.82, 2.24) is 10.2 Å². The van der Waals surface area contributed by atoms with Crippen LogP contribution < -0.4 is 10.1 Å². The van der Waals surface area contributed by atoms with E-state index in [4.69, 9.17) is 4.74 Å². The molecule has 0 spiro atoms. The van der Waals surface area contributed by atoms with Crippen LogP contribution in [-0.2, 0) is 0 Å². The lowest BCUT2D eigenvalue weighted by atomic mass is 9.95. The van der Waals surface area contributed by atoms with Gasteiger partial charge in [-0.1, -0.05) is 30.3 Å². The highest BCUT2D eigenvalue weighted by Crippen LogP contribution is 2.32. The second kappa shape index (κ2) is 6.90. The molecule has 0 radical (unpaired) electrons. The first-order valence-corrected chi connectivity index (χ1v) is 7.63. The van der Waals surface area contributed by atoms with E-state index in [-0.39, 0.29) is 11.9 Å². The SMILES string of the molecule is COc1cccc(C(c2ccccc2F)N2CCNCC2)c1. The molecule has 1 heterocycles. The fourth-order valence-corrected chi connectivity index (χ4v) is 3.04. The molecule has 1 fully saturated rings. The summed E-state index contributed by atoms with van der Waals surface area (Å²) >= 11 is 0. The Balaban J connectivity index is 2.03. The van der Waals surface area contributed by atoms with Gasteiger partial charge in [-0.3, -0.25) is 4.90 Å². The van der Waals surface area contributed by atoms with Gasteiger partial charge in [0.1, 0.15) is 11.6 Å². The van der Waals surface area contributed by atoms with Crippen LogP contribution in [0.4, 0.5) is 4.39 Å². The smallest absolute Gasteiger partial charge is 0.128 e. The Morgan fingerprint density at radius 3 is 2.59 bits per heavy atom. The summed E-state index contributed by atoms with van der Waals surface area (Å²) in [5, 5.41) is 3.35. The first-order chi connectivity index (χ1) is 10.8. The van der Waals surface area contributed by atoms with Gasteiger partial charge in [-0.15, -0.1) is 0 Å². The van der Waals surface area contributed by atoms with Gasteiger partial charge < -0.3 is 10.1 Å². The zero-order valence-corrected chi connectivity index (χ0v) is 12.8. The maximum Gasteiger partial charge on any atom is 0.128 e. The summed E-state index contributed by atoms with van der Waals surface area (Å²) in [5.74, 6) is 0.642. The summed E-state index contributed by atoms with van der Waals surface area (Å²) in [6, 6.07) is 14.9. The van der Waals surface area contributed by atoms with Gasteiger partial charge in [0.15, 0.2) is 0 Å². The molecule has 0 saturated carbocycles. The molecule has 1 aliphatic rings. The third-order valence-electron chi connectivity index (χ3n) is 4.13. The first-order valence-electron chi connectivity index (χ1n) is 7.63. The Morgan fingerprint density at radius 2 is 1.86 bits per heavy atom. The molecule has 0 aliphatic carbocycles. The van der Waals surface area contributed by atoms with Crippen LogP contribution in [0.25, 0.3) is 0 Å². The van der Waals surface area contributed by atoms with Crippen molar-refractivity contribution in [3.63, 3.8) is 0 Å². The van der Waals surface area contributed by atoms with Gasteiger partial charge in [0, 0.05) is 31.7 Å². The Hall–Kier alpha value is -1.91. The van der Waals surface area contributed by atoms with Crippen LogP contribution in [0.1, 0.15) is 17.2 Å². The third kappa shape index (κ3) is 3.13. The summed E-state index contributed by atoms with van der Waals surface area (Å²) in [7, 11) is 1.65. The van der Waals surface area contributed by atoms with Crippen LogP contribution in [0.5, 0.6) is 5.75 Å². The second-order valence-corrected chi connectivity index (χ2v) is 5.49. The lowest BCUT2D eigenvalue weighted by molar-refractivity contribution is 0.195. The lowest BCUT2D eigenvalue weighted by Gasteiger charge is -2.35. The number of methoxy groups -OCH3 is 1. The van der Waals surface area contributed by atoms with Crippen LogP contribution in [0.15, 0.2) is 48.5 Å². The van der Waals surface area contributed by atoms with Crippen LogP contribution >= 0.6 is 0 Å². The van der Waals surface area contributed by atoms with E-state index < -0.39 is 0 Å². The topological polar surface area (TPSA) is 24.5 Å². The highest BCUT2D eigenvalue weighted by Gasteiger charge is 2.26. The molecule has 2 aromatic carbocycles. The van der Waals surface area contributed by atoms with Crippen molar-refractivity contribution in [1.29, 1.82) is 0 Å². The van der Waals surface area contributed by atoms with E-state index in [1.54, 1.807) is 13.2 Å². The average molecular weight is 300 g/mol. The molecule has 2 aromatic rings. The first kappa shape index (κ1) is 15.0. The number of ether oxygens (including phenoxy) is 1. The van der Waals surface area contributed by atoms with Crippen molar-refractivity contribution in [2.75, 3.05) is 33.3 Å². The molecule has 1 unspecified atom stereocenters. The summed E-state index contributed by atoms with van der Waals surface area (Å²) < 4.78 is 19.7. The highest BCUT2D eigenvalue weighted by molar-refractivity contribution is 5.37. The van der Waals surface area contributed by atoms with E-state index in [2.05, 4.69) is 10.2 Å².